The summed E-state index contributed by atoms with van der Waals surface area (Å²) in [4.78, 5) is 52.7. The fraction of sp³-hybridized carbons (Fsp3) is 0.267. The first-order valence-corrected chi connectivity index (χ1v) is 12.4. The van der Waals surface area contributed by atoms with Gasteiger partial charge in [0, 0.05) is 5.56 Å². The van der Waals surface area contributed by atoms with Crippen molar-refractivity contribution in [2.24, 2.45) is 23.7 Å². The number of hydrogen-bond donors (Lipinski definition) is 0. The number of carbonyl (C=O) groups excluding carboxylic acids is 4. The first kappa shape index (κ1) is 23.3. The van der Waals surface area contributed by atoms with Crippen molar-refractivity contribution in [2.75, 3.05) is 11.5 Å². The van der Waals surface area contributed by atoms with Crippen LogP contribution in [0.2, 0.25) is 0 Å². The molecular formula is C30H24FNO5. The number of ketones is 1. The van der Waals surface area contributed by atoms with E-state index in [4.69, 9.17) is 4.74 Å². The second-order valence-electron chi connectivity index (χ2n) is 10.0. The van der Waals surface area contributed by atoms with Crippen LogP contribution in [-0.4, -0.2) is 30.2 Å². The molecule has 186 valence electrons. The fourth-order valence-electron chi connectivity index (χ4n) is 6.48. The number of amides is 2. The summed E-state index contributed by atoms with van der Waals surface area (Å²) in [6.45, 7) is -0.482. The molecule has 2 bridgehead atoms. The molecule has 7 heteroatoms. The van der Waals surface area contributed by atoms with Gasteiger partial charge in [0.2, 0.25) is 11.8 Å². The number of fused-ring (bicyclic) bond motifs is 5. The molecule has 2 amide bonds. The average molecular weight is 498 g/mol. The van der Waals surface area contributed by atoms with Crippen LogP contribution in [0.1, 0.15) is 45.0 Å². The molecule has 3 fully saturated rings. The number of carbonyl (C=O) groups is 4. The standard InChI is InChI=1S/C30H24FNO5/c31-21-10-6-18(7-11-21)25(33)16-37-30(36)19-8-12-22(13-9-19)32-28(34)26-20-14-23(17-4-2-1-3-5-17)24(15-20)27(26)29(32)35/h1-13,20,23-24,26-27H,14-16H2. The van der Waals surface area contributed by atoms with E-state index in [2.05, 4.69) is 12.1 Å². The third-order valence-electron chi connectivity index (χ3n) is 8.11. The van der Waals surface area contributed by atoms with Crippen LogP contribution in [0.25, 0.3) is 0 Å². The van der Waals surface area contributed by atoms with E-state index in [1.807, 2.05) is 18.2 Å². The van der Waals surface area contributed by atoms with E-state index in [1.54, 1.807) is 12.1 Å². The molecule has 5 unspecified atom stereocenters. The monoisotopic (exact) mass is 497 g/mol. The van der Waals surface area contributed by atoms with Gasteiger partial charge in [-0.15, -0.1) is 0 Å². The first-order valence-electron chi connectivity index (χ1n) is 12.4. The van der Waals surface area contributed by atoms with Gasteiger partial charge >= 0.3 is 5.97 Å². The van der Waals surface area contributed by atoms with Crippen LogP contribution in [0, 0.1) is 29.5 Å². The van der Waals surface area contributed by atoms with Gasteiger partial charge in [-0.25, -0.2) is 9.18 Å². The molecule has 5 atom stereocenters. The Balaban J connectivity index is 1.13. The average Bonchev–Trinajstić information content (AvgIpc) is 3.59. The molecule has 0 spiro atoms. The highest BCUT2D eigenvalue weighted by molar-refractivity contribution is 6.22. The molecule has 1 saturated heterocycles. The Kier molecular flexibility index (Phi) is 5.71. The lowest BCUT2D eigenvalue weighted by molar-refractivity contribution is -0.123. The van der Waals surface area contributed by atoms with Crippen molar-refractivity contribution < 1.29 is 28.3 Å². The van der Waals surface area contributed by atoms with E-state index in [-0.39, 0.29) is 46.6 Å². The highest BCUT2D eigenvalue weighted by Gasteiger charge is 2.64. The van der Waals surface area contributed by atoms with Crippen molar-refractivity contribution in [3.05, 3.63) is 101 Å². The summed E-state index contributed by atoms with van der Waals surface area (Å²) in [5.74, 6) is -1.87. The minimum atomic E-state index is -0.707. The highest BCUT2D eigenvalue weighted by atomic mass is 19.1. The van der Waals surface area contributed by atoms with Crippen LogP contribution in [0.15, 0.2) is 78.9 Å². The summed E-state index contributed by atoms with van der Waals surface area (Å²) in [7, 11) is 0. The minimum absolute atomic E-state index is 0.158. The van der Waals surface area contributed by atoms with Gasteiger partial charge in [-0.3, -0.25) is 19.3 Å². The predicted molar refractivity (Wildman–Crippen MR) is 132 cm³/mol. The van der Waals surface area contributed by atoms with Crippen molar-refractivity contribution in [2.45, 2.75) is 18.8 Å². The molecule has 37 heavy (non-hydrogen) atoms. The summed E-state index contributed by atoms with van der Waals surface area (Å²) >= 11 is 0. The number of anilines is 1. The van der Waals surface area contributed by atoms with E-state index < -0.39 is 24.2 Å². The second kappa shape index (κ2) is 9.07. The molecule has 1 aliphatic heterocycles. The van der Waals surface area contributed by atoms with Crippen molar-refractivity contribution in [1.29, 1.82) is 0 Å². The second-order valence-corrected chi connectivity index (χ2v) is 10.0. The van der Waals surface area contributed by atoms with Gasteiger partial charge in [0.25, 0.3) is 0 Å². The number of hydrogen-bond acceptors (Lipinski definition) is 5. The van der Waals surface area contributed by atoms with E-state index in [1.165, 1.54) is 34.7 Å². The number of imide groups is 1. The van der Waals surface area contributed by atoms with E-state index in [0.717, 1.165) is 25.0 Å². The van der Waals surface area contributed by atoms with Crippen LogP contribution in [0.3, 0.4) is 0 Å². The zero-order chi connectivity index (χ0) is 25.7. The summed E-state index contributed by atoms with van der Waals surface area (Å²) in [5, 5.41) is 0. The minimum Gasteiger partial charge on any atom is -0.454 e. The van der Waals surface area contributed by atoms with Gasteiger partial charge in [-0.2, -0.15) is 0 Å². The molecular weight excluding hydrogens is 473 g/mol. The van der Waals surface area contributed by atoms with Crippen LogP contribution >= 0.6 is 0 Å². The molecule has 3 aromatic carbocycles. The molecule has 0 radical (unpaired) electrons. The SMILES string of the molecule is O=C(COC(=O)c1ccc(N2C(=O)C3C4CC(c5ccccc5)C(C4)C3C2=O)cc1)c1ccc(F)cc1. The predicted octanol–water partition coefficient (Wildman–Crippen LogP) is 4.79. The quantitative estimate of drug-likeness (QED) is 0.278. The Morgan fingerprint density at radius 2 is 1.46 bits per heavy atom. The van der Waals surface area contributed by atoms with Gasteiger partial charge < -0.3 is 4.74 Å². The molecule has 3 aromatic rings. The Morgan fingerprint density at radius 3 is 2.16 bits per heavy atom. The van der Waals surface area contributed by atoms with Crippen molar-refractivity contribution in [3.8, 4) is 0 Å². The molecule has 6 nitrogen and oxygen atoms in total. The van der Waals surface area contributed by atoms with Gasteiger partial charge in [0.1, 0.15) is 5.82 Å². The third-order valence-corrected chi connectivity index (χ3v) is 8.11. The molecule has 0 N–H and O–H groups in total. The molecule has 1 heterocycles. The number of esters is 1. The zero-order valence-electron chi connectivity index (χ0n) is 19.9. The Labute approximate surface area is 213 Å². The number of benzene rings is 3. The molecule has 6 rings (SSSR count). The Hall–Kier alpha value is -4.13. The summed E-state index contributed by atoms with van der Waals surface area (Å²) < 4.78 is 18.1. The number of halogens is 1. The maximum Gasteiger partial charge on any atom is 0.338 e. The number of rotatable bonds is 6. The normalized spacial score (nSPS) is 25.9. The summed E-state index contributed by atoms with van der Waals surface area (Å²) in [5.41, 5.74) is 2.09. The van der Waals surface area contributed by atoms with E-state index >= 15 is 0 Å². The van der Waals surface area contributed by atoms with Crippen molar-refractivity contribution in [1.82, 2.24) is 0 Å². The molecule has 2 saturated carbocycles. The number of Topliss-reactive ketones (excluding diaryl/α,β-unsaturated/α-hetero) is 1. The van der Waals surface area contributed by atoms with Gasteiger partial charge in [0.05, 0.1) is 23.1 Å². The van der Waals surface area contributed by atoms with Crippen LogP contribution in [0.5, 0.6) is 0 Å². The smallest absolute Gasteiger partial charge is 0.338 e. The van der Waals surface area contributed by atoms with Crippen LogP contribution < -0.4 is 4.90 Å². The third kappa shape index (κ3) is 3.95. The molecule has 2 aliphatic carbocycles. The number of nitrogens with zero attached hydrogens (tertiary/aromatic N) is 1. The maximum absolute atomic E-state index is 13.5. The lowest BCUT2D eigenvalue weighted by Gasteiger charge is -2.28. The Morgan fingerprint density at radius 1 is 0.811 bits per heavy atom. The molecule has 0 aromatic heterocycles. The van der Waals surface area contributed by atoms with E-state index in [0.29, 0.717) is 11.6 Å². The largest absolute Gasteiger partial charge is 0.454 e. The molecule has 3 aliphatic rings. The van der Waals surface area contributed by atoms with Crippen molar-refractivity contribution >= 4 is 29.3 Å². The highest BCUT2D eigenvalue weighted by Crippen LogP contribution is 2.61. The lowest BCUT2D eigenvalue weighted by Crippen LogP contribution is -2.33. The van der Waals surface area contributed by atoms with E-state index in [9.17, 15) is 23.6 Å². The van der Waals surface area contributed by atoms with Crippen LogP contribution in [-0.2, 0) is 14.3 Å². The first-order chi connectivity index (χ1) is 17.9. The summed E-state index contributed by atoms with van der Waals surface area (Å²) in [6.07, 6.45) is 1.83. The zero-order valence-corrected chi connectivity index (χ0v) is 19.9. The topological polar surface area (TPSA) is 80.8 Å². The maximum atomic E-state index is 13.5. The van der Waals surface area contributed by atoms with Gasteiger partial charge in [-0.1, -0.05) is 30.3 Å². The van der Waals surface area contributed by atoms with Gasteiger partial charge in [-0.05, 0) is 84.7 Å². The van der Waals surface area contributed by atoms with Gasteiger partial charge in [0.15, 0.2) is 12.4 Å². The summed E-state index contributed by atoms with van der Waals surface area (Å²) in [6, 6.07) is 21.3. The Bertz CT molecular complexity index is 1390. The van der Waals surface area contributed by atoms with Crippen LogP contribution in [0.4, 0.5) is 10.1 Å². The lowest BCUT2D eigenvalue weighted by atomic mass is 9.73. The van der Waals surface area contributed by atoms with Crippen molar-refractivity contribution in [3.63, 3.8) is 0 Å². The fourth-order valence-corrected chi connectivity index (χ4v) is 6.48. The number of ether oxygens (including phenoxy) is 1.